The Bertz CT molecular complexity index is 1950. The van der Waals surface area contributed by atoms with Crippen LogP contribution < -0.4 is 9.47 Å². The van der Waals surface area contributed by atoms with Crippen LogP contribution >= 0.6 is 0 Å². The summed E-state index contributed by atoms with van der Waals surface area (Å²) < 4.78 is 197. The van der Waals surface area contributed by atoms with E-state index in [1.807, 2.05) is 0 Å². The third kappa shape index (κ3) is 9.16. The topological polar surface area (TPSA) is 60.5 Å². The van der Waals surface area contributed by atoms with Gasteiger partial charge < -0.3 is 24.1 Å². The molecule has 1 aliphatic heterocycles. The van der Waals surface area contributed by atoms with Gasteiger partial charge in [-0.2, -0.15) is 52.7 Å². The van der Waals surface area contributed by atoms with E-state index in [0.29, 0.717) is 48.6 Å². The number of ether oxygens (including phenoxy) is 4. The SMILES string of the molecule is CC(C)c1ccc(C(c2ccc(OCC(O)COC(C)(C)c3ccc(C(c4ccc(OCC5CO5)cc4)(C(F)(F)F)C(F)(F)F)cc3)cc2)(C(F)(F)F)C(F)(F)F)cc1. The van der Waals surface area contributed by atoms with E-state index in [4.69, 9.17) is 18.9 Å². The molecule has 59 heavy (non-hydrogen) atoms. The number of aliphatic hydroxyl groups is 1. The highest BCUT2D eigenvalue weighted by Gasteiger charge is 2.73. The molecule has 1 N–H and O–H groups in total. The predicted molar refractivity (Wildman–Crippen MR) is 191 cm³/mol. The van der Waals surface area contributed by atoms with Crippen molar-refractivity contribution in [2.45, 2.75) is 87.0 Å². The average Bonchev–Trinajstić information content (AvgIpc) is 3.97. The number of alkyl halides is 12. The highest BCUT2D eigenvalue weighted by molar-refractivity contribution is 5.48. The minimum Gasteiger partial charge on any atom is -0.491 e. The van der Waals surface area contributed by atoms with Gasteiger partial charge in [-0.05, 0) is 77.4 Å². The third-order valence-corrected chi connectivity index (χ3v) is 10.2. The summed E-state index contributed by atoms with van der Waals surface area (Å²) in [7, 11) is 0. The maximum Gasteiger partial charge on any atom is 0.411 e. The van der Waals surface area contributed by atoms with Crippen molar-refractivity contribution in [2.75, 3.05) is 26.4 Å². The lowest BCUT2D eigenvalue weighted by Gasteiger charge is -2.38. The van der Waals surface area contributed by atoms with E-state index in [9.17, 15) is 57.8 Å². The third-order valence-electron chi connectivity index (χ3n) is 10.2. The van der Waals surface area contributed by atoms with Gasteiger partial charge in [0.1, 0.15) is 36.9 Å². The van der Waals surface area contributed by atoms with Crippen LogP contribution in [-0.4, -0.2) is 68.4 Å². The highest BCUT2D eigenvalue weighted by atomic mass is 19.4. The molecule has 0 amide bonds. The van der Waals surface area contributed by atoms with E-state index in [1.165, 1.54) is 26.0 Å². The van der Waals surface area contributed by atoms with Gasteiger partial charge in [0.2, 0.25) is 10.8 Å². The summed E-state index contributed by atoms with van der Waals surface area (Å²) >= 11 is 0. The van der Waals surface area contributed by atoms with Crippen LogP contribution in [0.4, 0.5) is 52.7 Å². The Balaban J connectivity index is 1.28. The first kappa shape index (κ1) is 45.6. The molecule has 322 valence electrons. The van der Waals surface area contributed by atoms with Crippen LogP contribution in [0.15, 0.2) is 97.1 Å². The summed E-state index contributed by atoms with van der Waals surface area (Å²) in [5, 5.41) is 10.6. The molecule has 17 heteroatoms. The number of hydrogen-bond acceptors (Lipinski definition) is 5. The Hall–Kier alpha value is -4.48. The maximum absolute atomic E-state index is 14.7. The van der Waals surface area contributed by atoms with E-state index in [-0.39, 0.29) is 35.7 Å². The van der Waals surface area contributed by atoms with Crippen molar-refractivity contribution in [3.63, 3.8) is 0 Å². The van der Waals surface area contributed by atoms with Gasteiger partial charge in [-0.1, -0.05) is 86.6 Å². The van der Waals surface area contributed by atoms with Gasteiger partial charge >= 0.3 is 24.7 Å². The Morgan fingerprint density at radius 2 is 0.881 bits per heavy atom. The summed E-state index contributed by atoms with van der Waals surface area (Å²) in [5.74, 6) is -0.286. The Kier molecular flexibility index (Phi) is 12.8. The summed E-state index contributed by atoms with van der Waals surface area (Å²) in [6.45, 7) is 5.78. The van der Waals surface area contributed by atoms with Crippen molar-refractivity contribution in [1.82, 2.24) is 0 Å². The lowest BCUT2D eigenvalue weighted by Crippen LogP contribution is -2.54. The molecule has 4 aromatic carbocycles. The molecule has 1 aliphatic rings. The van der Waals surface area contributed by atoms with Crippen molar-refractivity contribution in [3.05, 3.63) is 130 Å². The van der Waals surface area contributed by atoms with Gasteiger partial charge in [0, 0.05) is 0 Å². The van der Waals surface area contributed by atoms with Gasteiger partial charge in [0.25, 0.3) is 0 Å². The number of rotatable bonds is 15. The second-order valence-corrected chi connectivity index (χ2v) is 14.9. The van der Waals surface area contributed by atoms with Crippen LogP contribution in [0.3, 0.4) is 0 Å². The summed E-state index contributed by atoms with van der Waals surface area (Å²) in [5.41, 5.74) is -13.9. The molecule has 0 radical (unpaired) electrons. The smallest absolute Gasteiger partial charge is 0.411 e. The number of hydrogen-bond donors (Lipinski definition) is 1. The van der Waals surface area contributed by atoms with E-state index in [1.54, 1.807) is 13.8 Å². The second kappa shape index (κ2) is 16.5. The lowest BCUT2D eigenvalue weighted by atomic mass is 9.72. The van der Waals surface area contributed by atoms with Gasteiger partial charge in [-0.3, -0.25) is 0 Å². The molecule has 5 rings (SSSR count). The second-order valence-electron chi connectivity index (χ2n) is 14.9. The fraction of sp³-hybridized carbons (Fsp3) is 0.429. The van der Waals surface area contributed by atoms with E-state index in [2.05, 4.69) is 0 Å². The van der Waals surface area contributed by atoms with Gasteiger partial charge in [0.05, 0.1) is 18.8 Å². The normalized spacial score (nSPS) is 16.3. The van der Waals surface area contributed by atoms with Crippen molar-refractivity contribution in [1.29, 1.82) is 0 Å². The summed E-state index contributed by atoms with van der Waals surface area (Å²) in [4.78, 5) is 0. The molecule has 2 atom stereocenters. The zero-order chi connectivity index (χ0) is 43.8. The van der Waals surface area contributed by atoms with Crippen LogP contribution in [-0.2, 0) is 25.9 Å². The molecule has 0 saturated carbocycles. The molecule has 1 fully saturated rings. The fourth-order valence-electron chi connectivity index (χ4n) is 6.79. The molecule has 0 bridgehead atoms. The predicted octanol–water partition coefficient (Wildman–Crippen LogP) is 11.1. The van der Waals surface area contributed by atoms with Crippen molar-refractivity contribution in [2.24, 2.45) is 0 Å². The molecular formula is C42H40F12O5. The Morgan fingerprint density at radius 1 is 0.542 bits per heavy atom. The molecule has 0 aliphatic carbocycles. The molecular weight excluding hydrogens is 812 g/mol. The van der Waals surface area contributed by atoms with Gasteiger partial charge in [-0.15, -0.1) is 0 Å². The summed E-state index contributed by atoms with van der Waals surface area (Å²) in [6, 6.07) is 13.9. The average molecular weight is 853 g/mol. The lowest BCUT2D eigenvalue weighted by molar-refractivity contribution is -0.290. The van der Waals surface area contributed by atoms with Crippen molar-refractivity contribution in [3.8, 4) is 11.5 Å². The monoisotopic (exact) mass is 852 g/mol. The van der Waals surface area contributed by atoms with Gasteiger partial charge in [-0.25, -0.2) is 0 Å². The first-order valence-electron chi connectivity index (χ1n) is 18.1. The standard InChI is InChI=1S/C42H40F12O5/c1-25(2)26-5-7-28(8-6-26)37(39(43,44)45,40(46,47)48)30-13-17-33(18-14-30)56-21-32(55)22-59-36(3,4)27-9-11-29(12-10-27)38(41(49,50)51,42(52,53)54)31-15-19-34(20-16-31)57-23-35-24-58-35/h5-20,25,32,35,55H,21-24H2,1-4H3. The van der Waals surface area contributed by atoms with Crippen LogP contribution in [0.2, 0.25) is 0 Å². The molecule has 1 heterocycles. The first-order chi connectivity index (χ1) is 27.3. The quantitative estimate of drug-likeness (QED) is 0.0954. The Morgan fingerprint density at radius 3 is 1.24 bits per heavy atom. The zero-order valence-corrected chi connectivity index (χ0v) is 31.9. The minimum atomic E-state index is -5.84. The highest BCUT2D eigenvalue weighted by Crippen LogP contribution is 2.58. The van der Waals surface area contributed by atoms with Crippen LogP contribution in [0.1, 0.15) is 67.0 Å². The molecule has 5 nitrogen and oxygen atoms in total. The Labute approximate surface area is 331 Å². The van der Waals surface area contributed by atoms with Crippen LogP contribution in [0.5, 0.6) is 11.5 Å². The maximum atomic E-state index is 14.7. The van der Waals surface area contributed by atoms with Gasteiger partial charge in [0.15, 0.2) is 0 Å². The minimum absolute atomic E-state index is 0.0548. The van der Waals surface area contributed by atoms with E-state index >= 15 is 0 Å². The number of halogens is 12. The number of aliphatic hydroxyl groups excluding tert-OH is 1. The fourth-order valence-corrected chi connectivity index (χ4v) is 6.79. The molecule has 4 aromatic rings. The van der Waals surface area contributed by atoms with E-state index < -0.39 is 82.7 Å². The first-order valence-corrected chi connectivity index (χ1v) is 18.1. The van der Waals surface area contributed by atoms with Crippen molar-refractivity contribution >= 4 is 0 Å². The zero-order valence-electron chi connectivity index (χ0n) is 31.9. The molecule has 0 spiro atoms. The van der Waals surface area contributed by atoms with Crippen molar-refractivity contribution < 1.29 is 76.7 Å². The van der Waals surface area contributed by atoms with E-state index in [0.717, 1.165) is 48.5 Å². The number of benzene rings is 4. The molecule has 1 saturated heterocycles. The van der Waals surface area contributed by atoms with Crippen LogP contribution in [0.25, 0.3) is 0 Å². The van der Waals surface area contributed by atoms with Crippen LogP contribution in [0, 0.1) is 0 Å². The molecule has 2 unspecified atom stereocenters. The molecule has 0 aromatic heterocycles. The largest absolute Gasteiger partial charge is 0.491 e. The summed E-state index contributed by atoms with van der Waals surface area (Å²) in [6.07, 6.45) is -24.9. The number of epoxide rings is 1.